The van der Waals surface area contributed by atoms with Crippen LogP contribution in [0.5, 0.6) is 0 Å². The Morgan fingerprint density at radius 1 is 1.21 bits per heavy atom. The molecule has 0 aliphatic rings. The van der Waals surface area contributed by atoms with Crippen molar-refractivity contribution < 1.29 is 22.6 Å². The second kappa shape index (κ2) is 3.97. The average Bonchev–Trinajstić information content (AvgIpc) is 2.15. The smallest absolute Gasteiger partial charge is 0.275 e. The van der Waals surface area contributed by atoms with E-state index in [1.807, 2.05) is 0 Å². The normalized spacial score (nSPS) is 13.7. The molecule has 1 aromatic rings. The minimum absolute atomic E-state index is 0.178. The summed E-state index contributed by atoms with van der Waals surface area (Å²) >= 11 is 0. The van der Waals surface area contributed by atoms with Crippen LogP contribution in [0.3, 0.4) is 0 Å². The number of alkyl halides is 3. The molecule has 0 saturated heterocycles. The molecular weight excluding hydrogens is 219 g/mol. The quantitative estimate of drug-likeness (QED) is 0.782. The van der Waals surface area contributed by atoms with Gasteiger partial charge < -0.3 is 0 Å². The van der Waals surface area contributed by atoms with Crippen molar-refractivity contribution in [3.63, 3.8) is 0 Å². The molecule has 0 saturated carbocycles. The highest BCUT2D eigenvalue weighted by molar-refractivity contribution is 7.87. The summed E-state index contributed by atoms with van der Waals surface area (Å²) in [6.07, 6.45) is 0. The third-order valence-electron chi connectivity index (χ3n) is 1.33. The van der Waals surface area contributed by atoms with Crippen LogP contribution in [0, 0.1) is 0 Å². The van der Waals surface area contributed by atoms with Crippen LogP contribution in [-0.2, 0) is 11.0 Å². The molecule has 0 aromatic heterocycles. The molecule has 0 bridgehead atoms. The van der Waals surface area contributed by atoms with Gasteiger partial charge in [0.05, 0.1) is 5.69 Å². The van der Waals surface area contributed by atoms with Gasteiger partial charge in [0, 0.05) is 0 Å². The molecule has 1 N–H and O–H groups in total. The maximum atomic E-state index is 11.9. The molecule has 0 radical (unpaired) electrons. The van der Waals surface area contributed by atoms with Gasteiger partial charge in [-0.2, -0.15) is 17.6 Å². The first-order valence-corrected chi connectivity index (χ1v) is 4.56. The Balaban J connectivity index is 2.87. The number of anilines is 1. The van der Waals surface area contributed by atoms with Crippen molar-refractivity contribution >= 4 is 16.7 Å². The van der Waals surface area contributed by atoms with Crippen LogP contribution < -0.4 is 4.47 Å². The van der Waals surface area contributed by atoms with E-state index >= 15 is 0 Å². The largest absolute Gasteiger partial charge is 0.493 e. The van der Waals surface area contributed by atoms with Crippen molar-refractivity contribution in [2.75, 3.05) is 4.47 Å². The van der Waals surface area contributed by atoms with Gasteiger partial charge in [0.15, 0.2) is 0 Å². The lowest BCUT2D eigenvalue weighted by Crippen LogP contribution is -2.32. The highest BCUT2D eigenvalue weighted by atomic mass is 32.2. The third kappa shape index (κ3) is 2.46. The molecule has 0 spiro atoms. The highest BCUT2D eigenvalue weighted by Gasteiger charge is 2.41. The number of nitrogens with zero attached hydrogens (tertiary/aromatic N) is 1. The lowest BCUT2D eigenvalue weighted by Gasteiger charge is -2.16. The summed E-state index contributed by atoms with van der Waals surface area (Å²) in [6.45, 7) is 0. The Kier molecular flexibility index (Phi) is 3.12. The second-order valence-electron chi connectivity index (χ2n) is 2.30. The van der Waals surface area contributed by atoms with Gasteiger partial charge in [0.2, 0.25) is 0 Å². The summed E-state index contributed by atoms with van der Waals surface area (Å²) < 4.78 is 46.0. The summed E-state index contributed by atoms with van der Waals surface area (Å²) in [5, 5.41) is 8.94. The van der Waals surface area contributed by atoms with Gasteiger partial charge >= 0.3 is 5.51 Å². The summed E-state index contributed by atoms with van der Waals surface area (Å²) in [7, 11) is -3.44. The molecule has 1 aromatic carbocycles. The van der Waals surface area contributed by atoms with Crippen LogP contribution in [0.25, 0.3) is 0 Å². The molecule has 78 valence electrons. The first-order chi connectivity index (χ1) is 6.43. The van der Waals surface area contributed by atoms with Crippen LogP contribution in [0.1, 0.15) is 0 Å². The van der Waals surface area contributed by atoms with E-state index in [0.717, 1.165) is 0 Å². The molecule has 0 aliphatic carbocycles. The van der Waals surface area contributed by atoms with E-state index in [-0.39, 0.29) is 10.2 Å². The van der Waals surface area contributed by atoms with Gasteiger partial charge in [0.1, 0.15) is 0 Å². The van der Waals surface area contributed by atoms with Gasteiger partial charge in [-0.25, -0.2) is 4.21 Å². The van der Waals surface area contributed by atoms with Crippen LogP contribution >= 0.6 is 0 Å². The standard InChI is InChI=1S/C7H6F3NO2S/c8-7(9,10)14(13)11(12)6-4-2-1-3-5-6/h1-5,12H/t14-/m0/s1. The number of hydrogen-bond acceptors (Lipinski definition) is 2. The number of halogens is 3. The fourth-order valence-corrected chi connectivity index (χ4v) is 1.26. The number of rotatable bonds is 2. The number of benzene rings is 1. The zero-order valence-electron chi connectivity index (χ0n) is 6.73. The van der Waals surface area contributed by atoms with Crippen LogP contribution in [-0.4, -0.2) is 14.9 Å². The molecule has 1 atom stereocenters. The monoisotopic (exact) mass is 225 g/mol. The van der Waals surface area contributed by atoms with E-state index < -0.39 is 16.5 Å². The average molecular weight is 225 g/mol. The van der Waals surface area contributed by atoms with Crippen molar-refractivity contribution in [1.82, 2.24) is 0 Å². The van der Waals surface area contributed by atoms with E-state index in [1.165, 1.54) is 24.3 Å². The lowest BCUT2D eigenvalue weighted by atomic mass is 10.3. The maximum Gasteiger partial charge on any atom is 0.493 e. The molecule has 14 heavy (non-hydrogen) atoms. The lowest BCUT2D eigenvalue weighted by molar-refractivity contribution is -0.0404. The molecule has 0 fully saturated rings. The van der Waals surface area contributed by atoms with Crippen LogP contribution in [0.4, 0.5) is 18.9 Å². The van der Waals surface area contributed by atoms with Crippen molar-refractivity contribution in [3.05, 3.63) is 30.3 Å². The molecule has 0 amide bonds. The Morgan fingerprint density at radius 3 is 2.14 bits per heavy atom. The number of para-hydroxylation sites is 1. The highest BCUT2D eigenvalue weighted by Crippen LogP contribution is 2.25. The molecule has 0 aliphatic heterocycles. The van der Waals surface area contributed by atoms with Gasteiger partial charge in [0.25, 0.3) is 11.0 Å². The van der Waals surface area contributed by atoms with E-state index in [2.05, 4.69) is 0 Å². The first-order valence-electron chi connectivity index (χ1n) is 3.45. The van der Waals surface area contributed by atoms with Crippen molar-refractivity contribution in [2.45, 2.75) is 5.51 Å². The molecule has 0 unspecified atom stereocenters. The Labute approximate surface area is 80.3 Å². The fraction of sp³-hybridized carbons (Fsp3) is 0.143. The maximum absolute atomic E-state index is 11.9. The Bertz CT molecular complexity index is 327. The van der Waals surface area contributed by atoms with Crippen molar-refractivity contribution in [1.29, 1.82) is 0 Å². The van der Waals surface area contributed by atoms with E-state index in [4.69, 9.17) is 5.21 Å². The summed E-state index contributed by atoms with van der Waals surface area (Å²) in [5.41, 5.74) is -5.15. The van der Waals surface area contributed by atoms with E-state index in [1.54, 1.807) is 6.07 Å². The zero-order valence-corrected chi connectivity index (χ0v) is 7.55. The summed E-state index contributed by atoms with van der Waals surface area (Å²) in [6, 6.07) is 6.83. The summed E-state index contributed by atoms with van der Waals surface area (Å²) in [5.74, 6) is 0. The van der Waals surface area contributed by atoms with Gasteiger partial charge in [-0.1, -0.05) is 18.2 Å². The molecule has 0 heterocycles. The Hall–Kier alpha value is -1.08. The van der Waals surface area contributed by atoms with Gasteiger partial charge in [-0.3, -0.25) is 5.21 Å². The van der Waals surface area contributed by atoms with Crippen molar-refractivity contribution in [2.24, 2.45) is 0 Å². The van der Waals surface area contributed by atoms with Crippen LogP contribution in [0.2, 0.25) is 0 Å². The van der Waals surface area contributed by atoms with Crippen molar-refractivity contribution in [3.8, 4) is 0 Å². The predicted octanol–water partition coefficient (Wildman–Crippen LogP) is 2.07. The second-order valence-corrected chi connectivity index (χ2v) is 3.61. The minimum atomic E-state index is -4.97. The van der Waals surface area contributed by atoms with Gasteiger partial charge in [-0.15, -0.1) is 0 Å². The first kappa shape index (κ1) is 11.0. The molecular formula is C7H6F3NO2S. The fourth-order valence-electron chi connectivity index (χ4n) is 0.749. The number of hydrogen-bond donors (Lipinski definition) is 1. The minimum Gasteiger partial charge on any atom is -0.275 e. The SMILES string of the molecule is O=[S@](N(O)c1ccccc1)C(F)(F)F. The zero-order chi connectivity index (χ0) is 10.8. The third-order valence-corrected chi connectivity index (χ3v) is 2.25. The predicted molar refractivity (Wildman–Crippen MR) is 44.9 cm³/mol. The topological polar surface area (TPSA) is 40.5 Å². The summed E-state index contributed by atoms with van der Waals surface area (Å²) in [4.78, 5) is 0. The molecule has 3 nitrogen and oxygen atoms in total. The Morgan fingerprint density at radius 2 is 1.71 bits per heavy atom. The van der Waals surface area contributed by atoms with E-state index in [0.29, 0.717) is 0 Å². The van der Waals surface area contributed by atoms with E-state index in [9.17, 15) is 17.4 Å². The molecule has 1 rings (SSSR count). The van der Waals surface area contributed by atoms with Gasteiger partial charge in [-0.05, 0) is 12.1 Å². The van der Waals surface area contributed by atoms with Crippen LogP contribution in [0.15, 0.2) is 30.3 Å². The molecule has 7 heteroatoms.